The molecule has 0 N–H and O–H groups in total. The maximum atomic E-state index is 13.3. The molecule has 0 amide bonds. The summed E-state index contributed by atoms with van der Waals surface area (Å²) in [6.07, 6.45) is -11.8. The molecule has 0 aliphatic heterocycles. The number of carbonyl (C=O) groups excluding carboxylic acids is 2. The van der Waals surface area contributed by atoms with Crippen LogP contribution < -0.4 is 5.11 Å². The van der Waals surface area contributed by atoms with Crippen LogP contribution in [0.5, 0.6) is 0 Å². The number of carbonyl (C=O) groups is 2. The third-order valence-corrected chi connectivity index (χ3v) is 6.05. The fourth-order valence-electron chi connectivity index (χ4n) is 5.34. The van der Waals surface area contributed by atoms with E-state index in [0.717, 1.165) is 19.3 Å². The Morgan fingerprint density at radius 3 is 1.58 bits per heavy atom. The molecule has 0 radical (unpaired) electrons. The van der Waals surface area contributed by atoms with Crippen LogP contribution in [0.2, 0.25) is 0 Å². The van der Waals surface area contributed by atoms with E-state index in [1.54, 1.807) is 0 Å². The molecule has 26 heavy (non-hydrogen) atoms. The van der Waals surface area contributed by atoms with Gasteiger partial charge in [-0.25, -0.2) is 0 Å². The van der Waals surface area contributed by atoms with Crippen molar-refractivity contribution < 1.29 is 45.8 Å². The molecule has 0 heterocycles. The lowest BCUT2D eigenvalue weighted by atomic mass is 9.49. The number of carboxylic acids is 1. The first-order valence-electron chi connectivity index (χ1n) is 8.35. The van der Waals surface area contributed by atoms with E-state index >= 15 is 0 Å². The molecule has 4 nitrogen and oxygen atoms in total. The first-order chi connectivity index (χ1) is 11.8. The lowest BCUT2D eigenvalue weighted by Crippen LogP contribution is -2.63. The van der Waals surface area contributed by atoms with Crippen molar-refractivity contribution in [1.82, 2.24) is 0 Å². The first kappa shape index (κ1) is 19.3. The van der Waals surface area contributed by atoms with Crippen LogP contribution in [0.4, 0.5) is 26.3 Å². The molecule has 0 aromatic carbocycles. The fourth-order valence-corrected chi connectivity index (χ4v) is 5.34. The van der Waals surface area contributed by atoms with Crippen LogP contribution in [-0.4, -0.2) is 29.9 Å². The maximum absolute atomic E-state index is 13.3. The van der Waals surface area contributed by atoms with Crippen molar-refractivity contribution in [2.75, 3.05) is 0 Å². The molecular weight excluding hydrogens is 370 g/mol. The van der Waals surface area contributed by atoms with Gasteiger partial charge in [0.15, 0.2) is 0 Å². The van der Waals surface area contributed by atoms with E-state index < -0.39 is 41.7 Å². The molecule has 0 saturated heterocycles. The normalized spacial score (nSPS) is 34.0. The summed E-state index contributed by atoms with van der Waals surface area (Å²) in [7, 11) is 0. The summed E-state index contributed by atoms with van der Waals surface area (Å²) >= 11 is 0. The van der Waals surface area contributed by atoms with Crippen LogP contribution in [0, 0.1) is 23.2 Å². The van der Waals surface area contributed by atoms with Gasteiger partial charge in [0, 0.05) is 12.4 Å². The highest BCUT2D eigenvalue weighted by Gasteiger charge is 2.75. The SMILES string of the molecule is O=C([O-])CC(OC(=O)C12CC3CC(CC(C3)C1)C2)(C(F)(F)F)C(F)(F)F. The van der Waals surface area contributed by atoms with Crippen molar-refractivity contribution in [2.24, 2.45) is 23.2 Å². The highest BCUT2D eigenvalue weighted by Crippen LogP contribution is 2.61. The van der Waals surface area contributed by atoms with Gasteiger partial charge in [-0.2, -0.15) is 26.3 Å². The molecule has 0 aromatic heterocycles. The Kier molecular flexibility index (Phi) is 4.27. The Labute approximate surface area is 144 Å². The number of hydrogen-bond donors (Lipinski definition) is 0. The molecule has 4 fully saturated rings. The van der Waals surface area contributed by atoms with Gasteiger partial charge in [-0.15, -0.1) is 0 Å². The second-order valence-corrected chi connectivity index (χ2v) is 7.96. The van der Waals surface area contributed by atoms with E-state index in [0.29, 0.717) is 0 Å². The standard InChI is InChI=1S/C16H18F6O4/c17-15(18,19)14(7-11(23)24,16(20,21)22)26-12(25)13-4-8-1-9(5-13)3-10(2-8)6-13/h8-10H,1-7H2,(H,23,24)/p-1. The van der Waals surface area contributed by atoms with E-state index in [4.69, 9.17) is 0 Å². The number of rotatable bonds is 4. The minimum absolute atomic E-state index is 0.0844. The van der Waals surface area contributed by atoms with Gasteiger partial charge in [0.2, 0.25) is 0 Å². The van der Waals surface area contributed by atoms with Gasteiger partial charge in [-0.3, -0.25) is 4.79 Å². The summed E-state index contributed by atoms with van der Waals surface area (Å²) in [4.78, 5) is 23.2. The van der Waals surface area contributed by atoms with Crippen molar-refractivity contribution in [3.8, 4) is 0 Å². The molecule has 4 aliphatic rings. The van der Waals surface area contributed by atoms with Gasteiger partial charge in [-0.05, 0) is 56.3 Å². The van der Waals surface area contributed by atoms with E-state index in [-0.39, 0.29) is 37.0 Å². The predicted octanol–water partition coefficient (Wildman–Crippen LogP) is 2.75. The molecule has 148 valence electrons. The summed E-state index contributed by atoms with van der Waals surface area (Å²) < 4.78 is 83.7. The van der Waals surface area contributed by atoms with Crippen LogP contribution in [-0.2, 0) is 14.3 Å². The molecule has 4 aliphatic carbocycles. The van der Waals surface area contributed by atoms with E-state index in [1.807, 2.05) is 0 Å². The quantitative estimate of drug-likeness (QED) is 0.550. The number of carboxylic acid groups (broad SMARTS) is 1. The van der Waals surface area contributed by atoms with Crippen molar-refractivity contribution >= 4 is 11.9 Å². The number of alkyl halides is 6. The molecule has 0 aromatic rings. The monoisotopic (exact) mass is 387 g/mol. The molecule has 0 unspecified atom stereocenters. The second kappa shape index (κ2) is 5.76. The van der Waals surface area contributed by atoms with Crippen LogP contribution >= 0.6 is 0 Å². The average Bonchev–Trinajstić information content (AvgIpc) is 2.41. The summed E-state index contributed by atoms with van der Waals surface area (Å²) in [5.74, 6) is -3.94. The molecule has 0 spiro atoms. The van der Waals surface area contributed by atoms with Crippen molar-refractivity contribution in [3.63, 3.8) is 0 Å². The third-order valence-electron chi connectivity index (χ3n) is 6.05. The van der Waals surface area contributed by atoms with Crippen molar-refractivity contribution in [3.05, 3.63) is 0 Å². The molecule has 4 rings (SSSR count). The number of ether oxygens (including phenoxy) is 1. The first-order valence-corrected chi connectivity index (χ1v) is 8.35. The molecule has 4 bridgehead atoms. The zero-order valence-corrected chi connectivity index (χ0v) is 13.6. The minimum Gasteiger partial charge on any atom is -0.550 e. The Bertz CT molecular complexity index is 560. The van der Waals surface area contributed by atoms with Crippen LogP contribution in [0.1, 0.15) is 44.9 Å². The fraction of sp³-hybridized carbons (Fsp3) is 0.875. The third kappa shape index (κ3) is 2.94. The maximum Gasteiger partial charge on any atom is 0.437 e. The summed E-state index contributed by atoms with van der Waals surface area (Å²) in [5.41, 5.74) is -6.48. The molecule has 4 saturated carbocycles. The lowest BCUT2D eigenvalue weighted by Gasteiger charge is -2.55. The average molecular weight is 387 g/mol. The Hall–Kier alpha value is -1.48. The van der Waals surface area contributed by atoms with Crippen molar-refractivity contribution in [1.29, 1.82) is 0 Å². The Balaban J connectivity index is 1.94. The number of hydrogen-bond acceptors (Lipinski definition) is 4. The smallest absolute Gasteiger partial charge is 0.437 e. The Morgan fingerprint density at radius 1 is 0.885 bits per heavy atom. The zero-order valence-electron chi connectivity index (χ0n) is 13.6. The van der Waals surface area contributed by atoms with Gasteiger partial charge in [0.25, 0.3) is 0 Å². The number of aliphatic carboxylic acids is 1. The summed E-state index contributed by atoms with van der Waals surface area (Å²) in [5, 5.41) is 10.6. The highest BCUT2D eigenvalue weighted by atomic mass is 19.4. The van der Waals surface area contributed by atoms with Crippen LogP contribution in [0.3, 0.4) is 0 Å². The Morgan fingerprint density at radius 2 is 1.27 bits per heavy atom. The lowest BCUT2D eigenvalue weighted by molar-refractivity contribution is -0.383. The van der Waals surface area contributed by atoms with Crippen LogP contribution in [0.25, 0.3) is 0 Å². The van der Waals surface area contributed by atoms with E-state index in [2.05, 4.69) is 4.74 Å². The van der Waals surface area contributed by atoms with Gasteiger partial charge < -0.3 is 14.6 Å². The number of halogens is 6. The van der Waals surface area contributed by atoms with E-state index in [9.17, 15) is 41.0 Å². The van der Waals surface area contributed by atoms with Crippen LogP contribution in [0.15, 0.2) is 0 Å². The molecule has 10 heteroatoms. The van der Waals surface area contributed by atoms with Gasteiger partial charge in [-0.1, -0.05) is 0 Å². The molecule has 0 atom stereocenters. The number of esters is 1. The minimum atomic E-state index is -6.14. The largest absolute Gasteiger partial charge is 0.550 e. The predicted molar refractivity (Wildman–Crippen MR) is 71.2 cm³/mol. The van der Waals surface area contributed by atoms with E-state index in [1.165, 1.54) is 0 Å². The molecular formula is C16H17F6O4-. The van der Waals surface area contributed by atoms with Gasteiger partial charge in [0.1, 0.15) is 0 Å². The van der Waals surface area contributed by atoms with Crippen molar-refractivity contribution in [2.45, 2.75) is 62.9 Å². The summed E-state index contributed by atoms with van der Waals surface area (Å²) in [6.45, 7) is 0. The summed E-state index contributed by atoms with van der Waals surface area (Å²) in [6, 6.07) is 0. The topological polar surface area (TPSA) is 66.4 Å². The van der Waals surface area contributed by atoms with Gasteiger partial charge in [0.05, 0.1) is 5.41 Å². The van der Waals surface area contributed by atoms with Gasteiger partial charge >= 0.3 is 23.9 Å². The highest BCUT2D eigenvalue weighted by molar-refractivity contribution is 5.79. The second-order valence-electron chi connectivity index (χ2n) is 7.96. The zero-order chi connectivity index (χ0) is 19.5.